The summed E-state index contributed by atoms with van der Waals surface area (Å²) in [6.45, 7) is 1.40. The summed E-state index contributed by atoms with van der Waals surface area (Å²) in [6.07, 6.45) is 4.14. The molecule has 0 spiro atoms. The Morgan fingerprint density at radius 1 is 1.03 bits per heavy atom. The second kappa shape index (κ2) is 14.1. The lowest BCUT2D eigenvalue weighted by Crippen LogP contribution is -2.57. The number of carboxylic acids is 2. The molecule has 14 heteroatoms. The maximum Gasteiger partial charge on any atom is 0.326 e. The number of carbonyl (C=O) groups excluding carboxylic acids is 3. The summed E-state index contributed by atoms with van der Waals surface area (Å²) in [4.78, 5) is 66.7. The molecule has 0 saturated heterocycles. The number of aliphatic carboxylic acids is 2. The molecule has 184 valence electrons. The SMILES string of the molecule is CSCCC(NC(=O)C(CCC(=O)O)NC(=O)C(C)N)C(=O)NC(Cc1cnc[nH]1)C(=O)O. The van der Waals surface area contributed by atoms with Gasteiger partial charge in [0.05, 0.1) is 12.4 Å². The van der Waals surface area contributed by atoms with Gasteiger partial charge in [-0.2, -0.15) is 11.8 Å². The zero-order chi connectivity index (χ0) is 25.0. The van der Waals surface area contributed by atoms with Gasteiger partial charge < -0.3 is 36.9 Å². The molecule has 33 heavy (non-hydrogen) atoms. The van der Waals surface area contributed by atoms with Gasteiger partial charge in [-0.15, -0.1) is 0 Å². The molecule has 1 aromatic rings. The first-order valence-electron chi connectivity index (χ1n) is 10.1. The number of aromatic amines is 1. The van der Waals surface area contributed by atoms with Crippen LogP contribution in [-0.4, -0.2) is 86.0 Å². The van der Waals surface area contributed by atoms with Crippen LogP contribution in [0.5, 0.6) is 0 Å². The van der Waals surface area contributed by atoms with E-state index in [1.54, 1.807) is 6.26 Å². The summed E-state index contributed by atoms with van der Waals surface area (Å²) < 4.78 is 0. The fourth-order valence-electron chi connectivity index (χ4n) is 2.71. The van der Waals surface area contributed by atoms with E-state index < -0.39 is 60.2 Å². The van der Waals surface area contributed by atoms with Gasteiger partial charge in [0.25, 0.3) is 0 Å². The molecule has 13 nitrogen and oxygen atoms in total. The van der Waals surface area contributed by atoms with Crippen molar-refractivity contribution >= 4 is 41.4 Å². The van der Waals surface area contributed by atoms with E-state index in [4.69, 9.17) is 10.8 Å². The van der Waals surface area contributed by atoms with Crippen molar-refractivity contribution in [2.75, 3.05) is 12.0 Å². The molecule has 1 aromatic heterocycles. The summed E-state index contributed by atoms with van der Waals surface area (Å²) in [5, 5.41) is 25.7. The summed E-state index contributed by atoms with van der Waals surface area (Å²) in [6, 6.07) is -4.54. The number of carbonyl (C=O) groups is 5. The predicted molar refractivity (Wildman–Crippen MR) is 119 cm³/mol. The Hall–Kier alpha value is -3.13. The molecule has 0 aliphatic heterocycles. The van der Waals surface area contributed by atoms with Gasteiger partial charge in [-0.25, -0.2) is 9.78 Å². The third-order valence-corrected chi connectivity index (χ3v) is 5.17. The van der Waals surface area contributed by atoms with Crippen molar-refractivity contribution in [1.29, 1.82) is 0 Å². The standard InChI is InChI=1S/C19H30N6O7S/c1-10(20)16(28)23-12(3-4-15(26)27)17(29)24-13(5-6-33-2)18(30)25-14(19(31)32)7-11-8-21-9-22-11/h8-10,12-14H,3-7,20H2,1-2H3,(H,21,22)(H,23,28)(H,24,29)(H,25,30)(H,26,27)(H,31,32). The molecule has 0 aliphatic rings. The van der Waals surface area contributed by atoms with Crippen molar-refractivity contribution in [2.45, 2.75) is 56.8 Å². The number of carboxylic acid groups (broad SMARTS) is 2. The zero-order valence-electron chi connectivity index (χ0n) is 18.4. The van der Waals surface area contributed by atoms with Crippen LogP contribution in [0.2, 0.25) is 0 Å². The van der Waals surface area contributed by atoms with Gasteiger partial charge in [0.15, 0.2) is 0 Å². The van der Waals surface area contributed by atoms with Crippen molar-refractivity contribution in [3.8, 4) is 0 Å². The lowest BCUT2D eigenvalue weighted by Gasteiger charge is -2.24. The smallest absolute Gasteiger partial charge is 0.326 e. The highest BCUT2D eigenvalue weighted by molar-refractivity contribution is 7.98. The van der Waals surface area contributed by atoms with Crippen LogP contribution in [0.4, 0.5) is 0 Å². The molecule has 0 fully saturated rings. The number of hydrogen-bond acceptors (Lipinski definition) is 8. The average Bonchev–Trinajstić information content (AvgIpc) is 3.25. The molecule has 0 aromatic carbocycles. The van der Waals surface area contributed by atoms with Crippen LogP contribution < -0.4 is 21.7 Å². The van der Waals surface area contributed by atoms with Crippen LogP contribution in [0.1, 0.15) is 31.9 Å². The van der Waals surface area contributed by atoms with E-state index in [1.807, 2.05) is 0 Å². The van der Waals surface area contributed by atoms with Crippen molar-refractivity contribution in [1.82, 2.24) is 25.9 Å². The fraction of sp³-hybridized carbons (Fsp3) is 0.579. The van der Waals surface area contributed by atoms with Gasteiger partial charge in [-0.05, 0) is 31.8 Å². The van der Waals surface area contributed by atoms with E-state index in [2.05, 4.69) is 25.9 Å². The third kappa shape index (κ3) is 10.4. The molecule has 4 unspecified atom stereocenters. The molecule has 0 aliphatic carbocycles. The molecular weight excluding hydrogens is 456 g/mol. The monoisotopic (exact) mass is 486 g/mol. The molecule has 4 atom stereocenters. The van der Waals surface area contributed by atoms with Crippen LogP contribution >= 0.6 is 11.8 Å². The molecule has 0 bridgehead atoms. The fourth-order valence-corrected chi connectivity index (χ4v) is 3.18. The van der Waals surface area contributed by atoms with Crippen molar-refractivity contribution in [3.05, 3.63) is 18.2 Å². The quantitative estimate of drug-likeness (QED) is 0.151. The van der Waals surface area contributed by atoms with Gasteiger partial charge >= 0.3 is 11.9 Å². The number of aromatic nitrogens is 2. The van der Waals surface area contributed by atoms with E-state index in [0.29, 0.717) is 11.4 Å². The van der Waals surface area contributed by atoms with E-state index in [0.717, 1.165) is 0 Å². The Morgan fingerprint density at radius 2 is 1.61 bits per heavy atom. The van der Waals surface area contributed by atoms with Gasteiger partial charge in [0, 0.05) is 24.7 Å². The molecule has 1 heterocycles. The highest BCUT2D eigenvalue weighted by Crippen LogP contribution is 2.06. The van der Waals surface area contributed by atoms with E-state index >= 15 is 0 Å². The number of nitrogens with one attached hydrogen (secondary N) is 4. The number of H-pyrrole nitrogens is 1. The maximum atomic E-state index is 12.8. The summed E-state index contributed by atoms with van der Waals surface area (Å²) in [5.41, 5.74) is 6.00. The molecule has 8 N–H and O–H groups in total. The minimum absolute atomic E-state index is 0.0457. The lowest BCUT2D eigenvalue weighted by atomic mass is 10.1. The number of hydrogen-bond donors (Lipinski definition) is 7. The van der Waals surface area contributed by atoms with Crippen LogP contribution in [-0.2, 0) is 30.4 Å². The Morgan fingerprint density at radius 3 is 2.09 bits per heavy atom. The minimum atomic E-state index is -1.27. The largest absolute Gasteiger partial charge is 0.481 e. The third-order valence-electron chi connectivity index (χ3n) is 4.53. The lowest BCUT2D eigenvalue weighted by molar-refractivity contribution is -0.142. The van der Waals surface area contributed by atoms with Crippen LogP contribution in [0.15, 0.2) is 12.5 Å². The maximum absolute atomic E-state index is 12.8. The molecule has 1 rings (SSSR count). The number of nitrogens with two attached hydrogens (primary N) is 1. The Labute approximate surface area is 194 Å². The van der Waals surface area contributed by atoms with Crippen LogP contribution in [0.25, 0.3) is 0 Å². The number of amides is 3. The first kappa shape index (κ1) is 27.9. The van der Waals surface area contributed by atoms with E-state index in [9.17, 15) is 29.1 Å². The van der Waals surface area contributed by atoms with Crippen molar-refractivity contribution in [3.63, 3.8) is 0 Å². The molecular formula is C19H30N6O7S. The van der Waals surface area contributed by atoms with Crippen LogP contribution in [0, 0.1) is 0 Å². The Kier molecular flexibility index (Phi) is 11.9. The van der Waals surface area contributed by atoms with Gasteiger partial charge in [0.1, 0.15) is 18.1 Å². The van der Waals surface area contributed by atoms with E-state index in [1.165, 1.54) is 31.2 Å². The molecule has 0 radical (unpaired) electrons. The summed E-state index contributed by atoms with van der Waals surface area (Å²) in [5.74, 6) is -4.11. The summed E-state index contributed by atoms with van der Waals surface area (Å²) >= 11 is 1.42. The average molecular weight is 487 g/mol. The topological polar surface area (TPSA) is 217 Å². The van der Waals surface area contributed by atoms with Gasteiger partial charge in [-0.1, -0.05) is 0 Å². The Balaban J connectivity index is 2.94. The Bertz CT molecular complexity index is 818. The number of nitrogens with zero attached hydrogens (tertiary/aromatic N) is 1. The van der Waals surface area contributed by atoms with Crippen LogP contribution in [0.3, 0.4) is 0 Å². The highest BCUT2D eigenvalue weighted by Gasteiger charge is 2.30. The number of thioether (sulfide) groups is 1. The van der Waals surface area contributed by atoms with Crippen molar-refractivity contribution in [2.24, 2.45) is 5.73 Å². The number of rotatable bonds is 15. The highest BCUT2D eigenvalue weighted by atomic mass is 32.2. The second-order valence-corrected chi connectivity index (χ2v) is 8.29. The first-order chi connectivity index (χ1) is 15.5. The minimum Gasteiger partial charge on any atom is -0.481 e. The number of imidazole rings is 1. The second-order valence-electron chi connectivity index (χ2n) is 7.31. The first-order valence-corrected chi connectivity index (χ1v) is 11.5. The van der Waals surface area contributed by atoms with E-state index in [-0.39, 0.29) is 19.3 Å². The molecule has 3 amide bonds. The van der Waals surface area contributed by atoms with Crippen molar-refractivity contribution < 1.29 is 34.2 Å². The normalized spacial score (nSPS) is 14.4. The predicted octanol–water partition coefficient (Wildman–Crippen LogP) is -1.54. The zero-order valence-corrected chi connectivity index (χ0v) is 19.2. The van der Waals surface area contributed by atoms with Gasteiger partial charge in [-0.3, -0.25) is 19.2 Å². The summed E-state index contributed by atoms with van der Waals surface area (Å²) in [7, 11) is 0. The molecule has 0 saturated carbocycles. The van der Waals surface area contributed by atoms with Gasteiger partial charge in [0.2, 0.25) is 17.7 Å².